The Morgan fingerprint density at radius 1 is 1.50 bits per heavy atom. The molecular weight excluding hydrogens is 237 g/mol. The number of para-hydroxylation sites is 1. The van der Waals surface area contributed by atoms with Gasteiger partial charge < -0.3 is 9.45 Å². The zero-order valence-corrected chi connectivity index (χ0v) is 12.0. The van der Waals surface area contributed by atoms with Crippen molar-refractivity contribution in [1.82, 2.24) is 0 Å². The first-order valence-electron chi connectivity index (χ1n) is 4.16. The largest absolute Gasteiger partial charge is 1.00 e. The molecule has 16 heavy (non-hydrogen) atoms. The normalized spacial score (nSPS) is 11.1. The molecule has 1 amide bonds. The maximum atomic E-state index is 11.3. The van der Waals surface area contributed by atoms with E-state index >= 15 is 0 Å². The van der Waals surface area contributed by atoms with Gasteiger partial charge >= 0.3 is 29.6 Å². The Bertz CT molecular complexity index is 422. The van der Waals surface area contributed by atoms with E-state index in [0.29, 0.717) is 5.69 Å². The average Bonchev–Trinajstić information content (AvgIpc) is 2.27. The number of hydrogen-bond acceptors (Lipinski definition) is 3. The van der Waals surface area contributed by atoms with Crippen molar-refractivity contribution in [2.24, 2.45) is 0 Å². The van der Waals surface area contributed by atoms with E-state index < -0.39 is 11.1 Å². The van der Waals surface area contributed by atoms with E-state index in [1.165, 1.54) is 18.0 Å². The van der Waals surface area contributed by atoms with E-state index in [9.17, 15) is 13.6 Å². The van der Waals surface area contributed by atoms with Crippen molar-refractivity contribution in [2.45, 2.75) is 4.90 Å². The van der Waals surface area contributed by atoms with Crippen molar-refractivity contribution in [3.8, 4) is 0 Å². The summed E-state index contributed by atoms with van der Waals surface area (Å²) in [6.45, 7) is 3.34. The van der Waals surface area contributed by atoms with Crippen LogP contribution in [0.5, 0.6) is 0 Å². The first-order chi connectivity index (χ1) is 7.07. The Hall–Kier alpha value is -0.460. The number of carbonyl (C=O) groups excluding carboxylic acids is 1. The minimum absolute atomic E-state index is 0. The van der Waals surface area contributed by atoms with Gasteiger partial charge in [-0.2, -0.15) is 0 Å². The Kier molecular flexibility index (Phi) is 6.78. The Morgan fingerprint density at radius 2 is 2.06 bits per heavy atom. The van der Waals surface area contributed by atoms with Gasteiger partial charge in [0.2, 0.25) is 5.91 Å². The second-order valence-corrected chi connectivity index (χ2v) is 3.71. The van der Waals surface area contributed by atoms with Crippen LogP contribution in [0.1, 0.15) is 0 Å². The molecule has 0 aliphatic rings. The molecule has 0 saturated heterocycles. The van der Waals surface area contributed by atoms with Crippen LogP contribution in [0.4, 0.5) is 5.69 Å². The second kappa shape index (κ2) is 6.98. The molecule has 1 aromatic carbocycles. The summed E-state index contributed by atoms with van der Waals surface area (Å²) in [5.41, 5.74) is 0.343. The Morgan fingerprint density at radius 3 is 2.56 bits per heavy atom. The molecule has 4 nitrogen and oxygen atoms in total. The molecule has 0 aromatic heterocycles. The van der Waals surface area contributed by atoms with E-state index in [1.807, 2.05) is 0 Å². The van der Waals surface area contributed by atoms with Gasteiger partial charge in [-0.25, -0.2) is 0 Å². The maximum absolute atomic E-state index is 11.3. The zero-order chi connectivity index (χ0) is 11.4. The van der Waals surface area contributed by atoms with Crippen LogP contribution in [0, 0.1) is 0 Å². The van der Waals surface area contributed by atoms with Crippen LogP contribution >= 0.6 is 0 Å². The number of hydrogen-bond donors (Lipinski definition) is 0. The Labute approximate surface area is 119 Å². The molecule has 0 fully saturated rings. The minimum Gasteiger partial charge on any atom is -0.768 e. The van der Waals surface area contributed by atoms with Crippen LogP contribution in [0.15, 0.2) is 41.8 Å². The fourth-order valence-electron chi connectivity index (χ4n) is 1.13. The summed E-state index contributed by atoms with van der Waals surface area (Å²) in [6, 6.07) is 6.26. The van der Waals surface area contributed by atoms with Crippen LogP contribution in [-0.2, 0) is 15.9 Å². The second-order valence-electron chi connectivity index (χ2n) is 2.80. The Balaban J connectivity index is 0.00000225. The van der Waals surface area contributed by atoms with Gasteiger partial charge in [0.05, 0.1) is 5.69 Å². The van der Waals surface area contributed by atoms with Gasteiger partial charge in [-0.1, -0.05) is 18.7 Å². The van der Waals surface area contributed by atoms with Gasteiger partial charge in [-0.3, -0.25) is 9.00 Å². The van der Waals surface area contributed by atoms with Gasteiger partial charge in [-0.05, 0) is 29.3 Å². The van der Waals surface area contributed by atoms with Gasteiger partial charge in [0.1, 0.15) is 0 Å². The van der Waals surface area contributed by atoms with E-state index in [1.54, 1.807) is 18.2 Å². The quantitative estimate of drug-likeness (QED) is 0.355. The summed E-state index contributed by atoms with van der Waals surface area (Å²) in [5.74, 6) is -0.354. The number of nitrogens with zero attached hydrogens (tertiary/aromatic N) is 1. The van der Waals surface area contributed by atoms with Crippen molar-refractivity contribution in [3.05, 3.63) is 36.9 Å². The summed E-state index contributed by atoms with van der Waals surface area (Å²) in [4.78, 5) is 12.6. The van der Waals surface area contributed by atoms with Crippen molar-refractivity contribution in [2.75, 3.05) is 11.9 Å². The monoisotopic (exact) mass is 247 g/mol. The molecule has 0 aliphatic heterocycles. The molecule has 0 saturated carbocycles. The van der Waals surface area contributed by atoms with Crippen LogP contribution in [0.2, 0.25) is 0 Å². The van der Waals surface area contributed by atoms with E-state index in [0.717, 1.165) is 6.08 Å². The molecule has 6 heteroatoms. The van der Waals surface area contributed by atoms with Crippen molar-refractivity contribution >= 4 is 22.7 Å². The van der Waals surface area contributed by atoms with Gasteiger partial charge in [0.15, 0.2) is 0 Å². The molecule has 80 valence electrons. The van der Waals surface area contributed by atoms with E-state index in [-0.39, 0.29) is 40.4 Å². The van der Waals surface area contributed by atoms with Crippen molar-refractivity contribution in [3.63, 3.8) is 0 Å². The first-order valence-corrected chi connectivity index (χ1v) is 5.24. The number of amides is 1. The smallest absolute Gasteiger partial charge is 0.768 e. The van der Waals surface area contributed by atoms with Crippen molar-refractivity contribution in [1.29, 1.82) is 0 Å². The molecular formula is C10H10NNaO3S. The molecule has 1 atom stereocenters. The zero-order valence-electron chi connectivity index (χ0n) is 9.17. The summed E-state index contributed by atoms with van der Waals surface area (Å²) < 4.78 is 21.7. The standard InChI is InChI=1S/C10H11NO3S.Na/c1-3-10(12)11(2)8-6-4-5-7-9(8)15(13)14;/h3-7H,1H2,2H3,(H,13,14);/q;+1/p-1. The maximum Gasteiger partial charge on any atom is 1.00 e. The van der Waals surface area contributed by atoms with Gasteiger partial charge in [0, 0.05) is 11.9 Å². The molecule has 0 heterocycles. The molecule has 0 N–H and O–H groups in total. The number of benzene rings is 1. The van der Waals surface area contributed by atoms with E-state index in [4.69, 9.17) is 0 Å². The van der Waals surface area contributed by atoms with E-state index in [2.05, 4.69) is 6.58 Å². The van der Waals surface area contributed by atoms with Crippen molar-refractivity contribution < 1.29 is 43.1 Å². The fourth-order valence-corrected chi connectivity index (χ4v) is 1.70. The molecule has 0 spiro atoms. The third kappa shape index (κ3) is 3.54. The van der Waals surface area contributed by atoms with Crippen LogP contribution < -0.4 is 34.5 Å². The summed E-state index contributed by atoms with van der Waals surface area (Å²) in [5, 5.41) is 0. The third-order valence-corrected chi connectivity index (χ3v) is 2.62. The molecule has 0 radical (unpaired) electrons. The van der Waals surface area contributed by atoms with Gasteiger partial charge in [-0.15, -0.1) is 0 Å². The molecule has 1 unspecified atom stereocenters. The molecule has 1 rings (SSSR count). The van der Waals surface area contributed by atoms with Gasteiger partial charge in [0.25, 0.3) is 0 Å². The predicted molar refractivity (Wildman–Crippen MR) is 57.2 cm³/mol. The number of anilines is 1. The first kappa shape index (κ1) is 15.5. The molecule has 0 aliphatic carbocycles. The SMILES string of the molecule is C=CC(=O)N(C)c1ccccc1S(=O)[O-].[Na+]. The predicted octanol–water partition coefficient (Wildman–Crippen LogP) is -1.92. The summed E-state index contributed by atoms with van der Waals surface area (Å²) in [6.07, 6.45) is 1.13. The third-order valence-electron chi connectivity index (χ3n) is 1.91. The topological polar surface area (TPSA) is 60.4 Å². The van der Waals surface area contributed by atoms with Crippen LogP contribution in [0.3, 0.4) is 0 Å². The molecule has 1 aromatic rings. The summed E-state index contributed by atoms with van der Waals surface area (Å²) in [7, 11) is 1.50. The fraction of sp³-hybridized carbons (Fsp3) is 0.100. The van der Waals surface area contributed by atoms with Crippen LogP contribution in [0.25, 0.3) is 0 Å². The number of carbonyl (C=O) groups is 1. The van der Waals surface area contributed by atoms with Crippen LogP contribution in [-0.4, -0.2) is 21.7 Å². The molecule has 0 bridgehead atoms. The number of likely N-dealkylation sites (N-methyl/N-ethyl adjacent to an activating group) is 1. The summed E-state index contributed by atoms with van der Waals surface area (Å²) >= 11 is -2.36. The number of rotatable bonds is 3. The average molecular weight is 247 g/mol. The minimum atomic E-state index is -2.36.